The minimum atomic E-state index is 0.413. The lowest BCUT2D eigenvalue weighted by Gasteiger charge is -2.31. The van der Waals surface area contributed by atoms with Crippen molar-refractivity contribution in [2.24, 2.45) is 5.92 Å². The first-order chi connectivity index (χ1) is 13.1. The molecule has 27 heavy (non-hydrogen) atoms. The fourth-order valence-corrected chi connectivity index (χ4v) is 4.21. The van der Waals surface area contributed by atoms with Gasteiger partial charge in [0.15, 0.2) is 0 Å². The van der Waals surface area contributed by atoms with Crippen LogP contribution in [0.4, 0.5) is 0 Å². The first-order valence-corrected chi connectivity index (χ1v) is 10.3. The second-order valence-electron chi connectivity index (χ2n) is 7.99. The monoisotopic (exact) mass is 360 g/mol. The van der Waals surface area contributed by atoms with Gasteiger partial charge in [0.25, 0.3) is 0 Å². The first kappa shape index (κ1) is 19.5. The maximum absolute atomic E-state index is 4.60. The molecule has 0 amide bonds. The normalized spacial score (nSPS) is 19.6. The van der Waals surface area contributed by atoms with Crippen LogP contribution in [0.25, 0.3) is 11.3 Å². The summed E-state index contributed by atoms with van der Waals surface area (Å²) in [6.07, 6.45) is 15.1. The van der Waals surface area contributed by atoms with Crippen LogP contribution in [0.1, 0.15) is 69.9 Å². The molecule has 1 heterocycles. The highest BCUT2D eigenvalue weighted by atomic mass is 14.8. The summed E-state index contributed by atoms with van der Waals surface area (Å²) in [5.74, 6) is 0.936. The van der Waals surface area contributed by atoms with Gasteiger partial charge in [-0.2, -0.15) is 0 Å². The zero-order chi connectivity index (χ0) is 19.2. The molecule has 1 aromatic carbocycles. The van der Waals surface area contributed by atoms with Crippen LogP contribution in [-0.4, -0.2) is 9.97 Å². The Morgan fingerprint density at radius 2 is 2.07 bits per heavy atom. The van der Waals surface area contributed by atoms with Crippen LogP contribution < -0.4 is 0 Å². The van der Waals surface area contributed by atoms with Gasteiger partial charge >= 0.3 is 0 Å². The van der Waals surface area contributed by atoms with E-state index in [1.54, 1.807) is 12.4 Å². The second kappa shape index (κ2) is 9.12. The summed E-state index contributed by atoms with van der Waals surface area (Å²) in [6, 6.07) is 7.01. The third-order valence-corrected chi connectivity index (χ3v) is 5.79. The van der Waals surface area contributed by atoms with Crippen molar-refractivity contribution in [2.45, 2.75) is 65.2 Å². The van der Waals surface area contributed by atoms with E-state index in [9.17, 15) is 0 Å². The predicted molar refractivity (Wildman–Crippen MR) is 115 cm³/mol. The fraction of sp³-hybridized carbons (Fsp3) is 0.440. The molecule has 0 N–H and O–H groups in total. The van der Waals surface area contributed by atoms with Crippen LogP contribution in [0.5, 0.6) is 0 Å². The van der Waals surface area contributed by atoms with Crippen molar-refractivity contribution in [3.63, 3.8) is 0 Å². The van der Waals surface area contributed by atoms with Crippen molar-refractivity contribution in [3.8, 4) is 11.3 Å². The van der Waals surface area contributed by atoms with Gasteiger partial charge in [0.2, 0.25) is 0 Å². The van der Waals surface area contributed by atoms with Crippen LogP contribution in [0.3, 0.4) is 0 Å². The first-order valence-electron chi connectivity index (χ1n) is 10.3. The van der Waals surface area contributed by atoms with Gasteiger partial charge in [0.1, 0.15) is 0 Å². The van der Waals surface area contributed by atoms with Crippen LogP contribution in [0, 0.1) is 5.92 Å². The lowest BCUT2D eigenvalue weighted by Crippen LogP contribution is -2.17. The molecule has 2 atom stereocenters. The highest BCUT2D eigenvalue weighted by molar-refractivity contribution is 5.64. The molecule has 1 aromatic heterocycles. The molecule has 0 saturated heterocycles. The van der Waals surface area contributed by atoms with Crippen LogP contribution >= 0.6 is 0 Å². The van der Waals surface area contributed by atoms with E-state index in [1.807, 2.05) is 6.20 Å². The Morgan fingerprint density at radius 1 is 1.22 bits per heavy atom. The minimum Gasteiger partial charge on any atom is -0.261 e. The molecule has 0 spiro atoms. The van der Waals surface area contributed by atoms with E-state index in [4.69, 9.17) is 0 Å². The minimum absolute atomic E-state index is 0.413. The summed E-state index contributed by atoms with van der Waals surface area (Å²) >= 11 is 0. The summed E-state index contributed by atoms with van der Waals surface area (Å²) in [7, 11) is 0. The quantitative estimate of drug-likeness (QED) is 0.397. The molecule has 1 aliphatic rings. The van der Waals surface area contributed by atoms with E-state index in [0.29, 0.717) is 11.8 Å². The summed E-state index contributed by atoms with van der Waals surface area (Å²) in [5.41, 5.74) is 7.77. The number of aromatic nitrogens is 2. The molecule has 1 aliphatic carbocycles. The molecule has 0 saturated carbocycles. The fourth-order valence-electron chi connectivity index (χ4n) is 4.21. The number of nitrogens with zero attached hydrogens (tertiary/aromatic N) is 2. The van der Waals surface area contributed by atoms with Crippen LogP contribution in [-0.2, 0) is 6.42 Å². The van der Waals surface area contributed by atoms with Gasteiger partial charge < -0.3 is 0 Å². The molecule has 2 heteroatoms. The Balaban J connectivity index is 2.01. The zero-order valence-corrected chi connectivity index (χ0v) is 17.0. The summed E-state index contributed by atoms with van der Waals surface area (Å²) in [4.78, 5) is 8.91. The average Bonchev–Trinajstić information content (AvgIpc) is 2.68. The van der Waals surface area contributed by atoms with E-state index >= 15 is 0 Å². The Bertz CT molecular complexity index is 804. The largest absolute Gasteiger partial charge is 0.261 e. The van der Waals surface area contributed by atoms with Crippen molar-refractivity contribution in [2.75, 3.05) is 0 Å². The molecule has 0 fully saturated rings. The molecule has 2 nitrogen and oxygen atoms in total. The highest BCUT2D eigenvalue weighted by Crippen LogP contribution is 2.41. The third-order valence-electron chi connectivity index (χ3n) is 5.79. The molecule has 2 aromatic rings. The van der Waals surface area contributed by atoms with Crippen molar-refractivity contribution in [3.05, 3.63) is 71.7 Å². The van der Waals surface area contributed by atoms with Gasteiger partial charge in [-0.05, 0) is 62.6 Å². The van der Waals surface area contributed by atoms with Gasteiger partial charge in [-0.25, -0.2) is 0 Å². The molecule has 3 rings (SSSR count). The van der Waals surface area contributed by atoms with E-state index in [0.717, 1.165) is 12.1 Å². The lowest BCUT2D eigenvalue weighted by atomic mass is 9.74. The Kier molecular flexibility index (Phi) is 6.60. The molecule has 2 unspecified atom stereocenters. The Morgan fingerprint density at radius 3 is 2.78 bits per heavy atom. The number of aryl methyl sites for hydroxylation is 1. The Labute approximate surface area is 164 Å². The standard InChI is InChI=1S/C25H32N2/c1-5-6-7-8-20-10-11-21(16-24(20)25-17-26-13-14-27-25)23-15-19(4)9-12-22(23)18(2)3/h10-11,13-17,22-23H,2,5-9,12H2,1,3-4H3. The van der Waals surface area contributed by atoms with E-state index in [1.165, 1.54) is 59.9 Å². The SMILES string of the molecule is C=C(C)C1CCC(C)=CC1c1ccc(CCCCC)c(-c2cnccn2)c1. The molecule has 0 bridgehead atoms. The molecular formula is C25H32N2. The molecular weight excluding hydrogens is 328 g/mol. The zero-order valence-electron chi connectivity index (χ0n) is 17.0. The van der Waals surface area contributed by atoms with Gasteiger partial charge in [0.05, 0.1) is 11.9 Å². The number of rotatable bonds is 7. The van der Waals surface area contributed by atoms with Gasteiger partial charge in [-0.1, -0.05) is 55.7 Å². The molecule has 0 radical (unpaired) electrons. The van der Waals surface area contributed by atoms with Crippen molar-refractivity contribution >= 4 is 0 Å². The number of unbranched alkanes of at least 4 members (excludes halogenated alkanes) is 2. The smallest absolute Gasteiger partial charge is 0.0888 e. The predicted octanol–water partition coefficient (Wildman–Crippen LogP) is 6.89. The molecule has 0 aliphatic heterocycles. The maximum atomic E-state index is 4.60. The summed E-state index contributed by atoms with van der Waals surface area (Å²) < 4.78 is 0. The number of benzene rings is 1. The third kappa shape index (κ3) is 4.74. The van der Waals surface area contributed by atoms with Gasteiger partial charge in [-0.3, -0.25) is 9.97 Å². The van der Waals surface area contributed by atoms with Gasteiger partial charge in [0, 0.05) is 23.9 Å². The molecule has 142 valence electrons. The van der Waals surface area contributed by atoms with E-state index < -0.39 is 0 Å². The number of allylic oxidation sites excluding steroid dienone is 3. The van der Waals surface area contributed by atoms with Gasteiger partial charge in [-0.15, -0.1) is 0 Å². The van der Waals surface area contributed by atoms with Crippen molar-refractivity contribution < 1.29 is 0 Å². The maximum Gasteiger partial charge on any atom is 0.0888 e. The number of hydrogen-bond acceptors (Lipinski definition) is 2. The lowest BCUT2D eigenvalue weighted by molar-refractivity contribution is 0.483. The Hall–Kier alpha value is -2.22. The second-order valence-corrected chi connectivity index (χ2v) is 7.99. The summed E-state index contributed by atoms with van der Waals surface area (Å²) in [6.45, 7) is 11.0. The number of hydrogen-bond donors (Lipinski definition) is 0. The highest BCUT2D eigenvalue weighted by Gasteiger charge is 2.26. The van der Waals surface area contributed by atoms with Crippen LogP contribution in [0.15, 0.2) is 60.6 Å². The van der Waals surface area contributed by atoms with Crippen LogP contribution in [0.2, 0.25) is 0 Å². The van der Waals surface area contributed by atoms with E-state index in [-0.39, 0.29) is 0 Å². The van der Waals surface area contributed by atoms with Crippen molar-refractivity contribution in [1.29, 1.82) is 0 Å². The van der Waals surface area contributed by atoms with E-state index in [2.05, 4.69) is 61.6 Å². The van der Waals surface area contributed by atoms with Crippen molar-refractivity contribution in [1.82, 2.24) is 9.97 Å². The summed E-state index contributed by atoms with van der Waals surface area (Å²) in [5, 5.41) is 0. The average molecular weight is 361 g/mol. The topological polar surface area (TPSA) is 25.8 Å².